The number of hydrogen-bond donors (Lipinski definition) is 1. The van der Waals surface area contributed by atoms with Crippen molar-refractivity contribution >= 4 is 29.0 Å². The van der Waals surface area contributed by atoms with E-state index in [0.717, 1.165) is 5.56 Å². The Morgan fingerprint density at radius 1 is 1.22 bits per heavy atom. The summed E-state index contributed by atoms with van der Waals surface area (Å²) in [4.78, 5) is 4.09. The predicted molar refractivity (Wildman–Crippen MR) is 72.7 cm³/mol. The molecule has 0 spiro atoms. The number of pyridine rings is 1. The van der Waals surface area contributed by atoms with Crippen molar-refractivity contribution in [3.05, 3.63) is 57.7 Å². The van der Waals surface area contributed by atoms with E-state index in [1.54, 1.807) is 12.3 Å². The van der Waals surface area contributed by atoms with E-state index in [4.69, 9.17) is 28.5 Å². The molecule has 0 aliphatic heterocycles. The Kier molecular flexibility index (Phi) is 4.03. The molecule has 0 aliphatic rings. The van der Waals surface area contributed by atoms with Crippen LogP contribution in [-0.2, 0) is 6.54 Å². The lowest BCUT2D eigenvalue weighted by Gasteiger charge is -2.09. The molecule has 0 saturated carbocycles. The summed E-state index contributed by atoms with van der Waals surface area (Å²) >= 11 is 12.1. The Labute approximate surface area is 115 Å². The Bertz CT molecular complexity index is 605. The van der Waals surface area contributed by atoms with E-state index >= 15 is 0 Å². The molecule has 0 atom stereocenters. The minimum atomic E-state index is 0.326. The fourth-order valence-corrected chi connectivity index (χ4v) is 1.90. The molecule has 1 N–H and O–H groups in total. The fraction of sp³-hybridized carbons (Fsp3) is 0.0769. The molecule has 18 heavy (non-hydrogen) atoms. The van der Waals surface area contributed by atoms with Gasteiger partial charge in [0.15, 0.2) is 0 Å². The lowest BCUT2D eigenvalue weighted by atomic mass is 10.2. The van der Waals surface area contributed by atoms with Gasteiger partial charge in [0.05, 0.1) is 5.56 Å². The summed E-state index contributed by atoms with van der Waals surface area (Å²) in [7, 11) is 0. The zero-order valence-corrected chi connectivity index (χ0v) is 10.8. The second-order valence-electron chi connectivity index (χ2n) is 3.58. The quantitative estimate of drug-likeness (QED) is 0.927. The lowest BCUT2D eigenvalue weighted by molar-refractivity contribution is 1.11. The summed E-state index contributed by atoms with van der Waals surface area (Å²) in [6.45, 7) is 0.501. The van der Waals surface area contributed by atoms with Gasteiger partial charge in [0, 0.05) is 17.8 Å². The average Bonchev–Trinajstić information content (AvgIpc) is 2.39. The Morgan fingerprint density at radius 2 is 2.00 bits per heavy atom. The number of halogens is 2. The van der Waals surface area contributed by atoms with Gasteiger partial charge in [-0.05, 0) is 17.7 Å². The van der Waals surface area contributed by atoms with Crippen LogP contribution >= 0.6 is 23.2 Å². The van der Waals surface area contributed by atoms with E-state index in [-0.39, 0.29) is 0 Å². The number of nitrogens with zero attached hydrogens (tertiary/aromatic N) is 2. The van der Waals surface area contributed by atoms with Gasteiger partial charge < -0.3 is 5.32 Å². The highest BCUT2D eigenvalue weighted by Crippen LogP contribution is 2.24. The van der Waals surface area contributed by atoms with Crippen LogP contribution in [0, 0.1) is 11.3 Å². The third-order valence-electron chi connectivity index (χ3n) is 2.41. The summed E-state index contributed by atoms with van der Waals surface area (Å²) in [5.74, 6) is 0.482. The van der Waals surface area contributed by atoms with Crippen molar-refractivity contribution in [1.29, 1.82) is 5.26 Å². The molecule has 1 aromatic carbocycles. The normalized spacial score (nSPS) is 9.83. The zero-order valence-electron chi connectivity index (χ0n) is 9.32. The maximum Gasteiger partial charge on any atom is 0.146 e. The second-order valence-corrected chi connectivity index (χ2v) is 4.36. The number of benzene rings is 1. The van der Waals surface area contributed by atoms with Crippen LogP contribution < -0.4 is 5.32 Å². The van der Waals surface area contributed by atoms with Crippen molar-refractivity contribution < 1.29 is 0 Å². The molecule has 3 nitrogen and oxygen atoms in total. The SMILES string of the molecule is N#Cc1ccnc(NCc2ccccc2Cl)c1Cl. The molecular weight excluding hydrogens is 269 g/mol. The molecular formula is C13H9Cl2N3. The van der Waals surface area contributed by atoms with Gasteiger partial charge in [-0.25, -0.2) is 4.98 Å². The Balaban J connectivity index is 2.17. The standard InChI is InChI=1S/C13H9Cl2N3/c14-11-4-2-1-3-10(11)8-18-13-12(15)9(7-16)5-6-17-13/h1-6H,8H2,(H,17,18). The topological polar surface area (TPSA) is 48.7 Å². The molecule has 1 aromatic heterocycles. The molecule has 90 valence electrons. The largest absolute Gasteiger partial charge is 0.365 e. The van der Waals surface area contributed by atoms with Crippen LogP contribution in [0.3, 0.4) is 0 Å². The second kappa shape index (κ2) is 5.72. The molecule has 0 amide bonds. The molecule has 0 fully saturated rings. The molecule has 2 rings (SSSR count). The maximum absolute atomic E-state index is 8.86. The van der Waals surface area contributed by atoms with Gasteiger partial charge in [-0.3, -0.25) is 0 Å². The predicted octanol–water partition coefficient (Wildman–Crippen LogP) is 3.87. The zero-order chi connectivity index (χ0) is 13.0. The van der Waals surface area contributed by atoms with E-state index in [2.05, 4.69) is 10.3 Å². The maximum atomic E-state index is 8.86. The Hall–Kier alpha value is -1.76. The van der Waals surface area contributed by atoms with Gasteiger partial charge in [0.25, 0.3) is 0 Å². The van der Waals surface area contributed by atoms with E-state index in [1.807, 2.05) is 30.3 Å². The number of nitriles is 1. The summed E-state index contributed by atoms with van der Waals surface area (Å²) in [6, 6.07) is 11.1. The van der Waals surface area contributed by atoms with Crippen molar-refractivity contribution in [2.24, 2.45) is 0 Å². The molecule has 0 bridgehead atoms. The smallest absolute Gasteiger partial charge is 0.146 e. The van der Waals surface area contributed by atoms with Crippen LogP contribution in [0.5, 0.6) is 0 Å². The number of rotatable bonds is 3. The molecule has 0 radical (unpaired) electrons. The van der Waals surface area contributed by atoms with E-state index in [0.29, 0.717) is 28.0 Å². The highest BCUT2D eigenvalue weighted by Gasteiger charge is 2.07. The number of nitrogens with one attached hydrogen (secondary N) is 1. The highest BCUT2D eigenvalue weighted by molar-refractivity contribution is 6.34. The molecule has 5 heteroatoms. The van der Waals surface area contributed by atoms with Gasteiger partial charge in [0.1, 0.15) is 16.9 Å². The third kappa shape index (κ3) is 2.73. The van der Waals surface area contributed by atoms with E-state index < -0.39 is 0 Å². The summed E-state index contributed by atoms with van der Waals surface area (Å²) in [5.41, 5.74) is 1.34. The number of aromatic nitrogens is 1. The van der Waals surface area contributed by atoms with Crippen LogP contribution in [0.4, 0.5) is 5.82 Å². The lowest BCUT2D eigenvalue weighted by Crippen LogP contribution is -2.03. The first-order valence-corrected chi connectivity index (χ1v) is 6.00. The van der Waals surface area contributed by atoms with E-state index in [9.17, 15) is 0 Å². The minimum Gasteiger partial charge on any atom is -0.365 e. The van der Waals surface area contributed by atoms with Gasteiger partial charge in [-0.2, -0.15) is 5.26 Å². The third-order valence-corrected chi connectivity index (χ3v) is 3.17. The Morgan fingerprint density at radius 3 is 2.72 bits per heavy atom. The monoisotopic (exact) mass is 277 g/mol. The minimum absolute atomic E-state index is 0.326. The van der Waals surface area contributed by atoms with Crippen molar-refractivity contribution in [2.75, 3.05) is 5.32 Å². The number of hydrogen-bond acceptors (Lipinski definition) is 3. The summed E-state index contributed by atoms with van der Waals surface area (Å²) in [5, 5.41) is 12.9. The highest BCUT2D eigenvalue weighted by atomic mass is 35.5. The van der Waals surface area contributed by atoms with Crippen molar-refractivity contribution in [1.82, 2.24) is 4.98 Å². The van der Waals surface area contributed by atoms with Gasteiger partial charge >= 0.3 is 0 Å². The molecule has 1 heterocycles. The molecule has 0 saturated heterocycles. The first-order chi connectivity index (χ1) is 8.72. The molecule has 0 unspecified atom stereocenters. The summed E-state index contributed by atoms with van der Waals surface area (Å²) in [6.07, 6.45) is 1.54. The molecule has 2 aromatic rings. The summed E-state index contributed by atoms with van der Waals surface area (Å²) < 4.78 is 0. The van der Waals surface area contributed by atoms with Crippen molar-refractivity contribution in [3.8, 4) is 6.07 Å². The van der Waals surface area contributed by atoms with Crippen LogP contribution in [0.1, 0.15) is 11.1 Å². The van der Waals surface area contributed by atoms with Crippen LogP contribution in [-0.4, -0.2) is 4.98 Å². The van der Waals surface area contributed by atoms with Crippen LogP contribution in [0.2, 0.25) is 10.0 Å². The van der Waals surface area contributed by atoms with Gasteiger partial charge in [-0.15, -0.1) is 0 Å². The van der Waals surface area contributed by atoms with Crippen LogP contribution in [0.25, 0.3) is 0 Å². The average molecular weight is 278 g/mol. The first kappa shape index (κ1) is 12.7. The van der Waals surface area contributed by atoms with Crippen molar-refractivity contribution in [2.45, 2.75) is 6.54 Å². The van der Waals surface area contributed by atoms with E-state index in [1.165, 1.54) is 0 Å². The van der Waals surface area contributed by atoms with Gasteiger partial charge in [-0.1, -0.05) is 41.4 Å². The number of anilines is 1. The van der Waals surface area contributed by atoms with Crippen molar-refractivity contribution in [3.63, 3.8) is 0 Å². The fourth-order valence-electron chi connectivity index (χ4n) is 1.47. The van der Waals surface area contributed by atoms with Crippen LogP contribution in [0.15, 0.2) is 36.5 Å². The molecule has 0 aliphatic carbocycles. The first-order valence-electron chi connectivity index (χ1n) is 5.24. The van der Waals surface area contributed by atoms with Gasteiger partial charge in [0.2, 0.25) is 0 Å².